The van der Waals surface area contributed by atoms with Crippen LogP contribution in [0.4, 0.5) is 0 Å². The van der Waals surface area contributed by atoms with E-state index in [1.807, 2.05) is 24.3 Å². The number of ether oxygens (including phenoxy) is 2. The van der Waals surface area contributed by atoms with Crippen molar-refractivity contribution >= 4 is 27.9 Å². The second-order valence-corrected chi connectivity index (χ2v) is 8.31. The molecule has 0 aliphatic rings. The van der Waals surface area contributed by atoms with Crippen LogP contribution in [-0.2, 0) is 26.2 Å². The molecule has 7 nitrogen and oxygen atoms in total. The smallest absolute Gasteiger partial charge is 0.356 e. The first-order valence-corrected chi connectivity index (χ1v) is 9.81. The molecule has 0 radical (unpaired) electrons. The first-order chi connectivity index (χ1) is 13.1. The SMILES string of the molecule is CCOC(=O)c1ccnn1C[C@@](CN)(C(=O)OC(C)(C)C)c1cccc(Br)c1. The first kappa shape index (κ1) is 22.1. The van der Waals surface area contributed by atoms with Crippen LogP contribution >= 0.6 is 15.9 Å². The summed E-state index contributed by atoms with van der Waals surface area (Å²) in [7, 11) is 0. The van der Waals surface area contributed by atoms with Gasteiger partial charge in [0.2, 0.25) is 0 Å². The lowest BCUT2D eigenvalue weighted by Crippen LogP contribution is -2.50. The number of nitrogens with zero attached hydrogens (tertiary/aromatic N) is 2. The summed E-state index contributed by atoms with van der Waals surface area (Å²) in [6.45, 7) is 7.37. The zero-order valence-electron chi connectivity index (χ0n) is 16.6. The number of carbonyl (C=O) groups excluding carboxylic acids is 2. The molecule has 2 rings (SSSR count). The van der Waals surface area contributed by atoms with Crippen LogP contribution < -0.4 is 5.73 Å². The van der Waals surface area contributed by atoms with E-state index in [9.17, 15) is 9.59 Å². The normalized spacial score (nSPS) is 13.6. The van der Waals surface area contributed by atoms with Crippen LogP contribution in [0.2, 0.25) is 0 Å². The number of nitrogens with two attached hydrogens (primary N) is 1. The van der Waals surface area contributed by atoms with Gasteiger partial charge in [0.1, 0.15) is 16.7 Å². The molecule has 0 aliphatic carbocycles. The average Bonchev–Trinajstić information content (AvgIpc) is 3.06. The van der Waals surface area contributed by atoms with E-state index in [1.54, 1.807) is 33.8 Å². The van der Waals surface area contributed by atoms with Crippen molar-refractivity contribution in [3.63, 3.8) is 0 Å². The van der Waals surface area contributed by atoms with Crippen LogP contribution in [-0.4, -0.2) is 40.5 Å². The molecule has 1 heterocycles. The molecule has 1 aromatic heterocycles. The summed E-state index contributed by atoms with van der Waals surface area (Å²) in [4.78, 5) is 25.5. The third-order valence-electron chi connectivity index (χ3n) is 4.14. The standard InChI is InChI=1S/C20H26BrN3O4/c1-5-27-17(25)16-9-10-23-24(16)13-20(12-22,18(26)28-19(2,3)4)14-7-6-8-15(21)11-14/h6-11H,5,12-13,22H2,1-4H3/t20-/m1/s1. The van der Waals surface area contributed by atoms with E-state index >= 15 is 0 Å². The van der Waals surface area contributed by atoms with Crippen LogP contribution in [0.5, 0.6) is 0 Å². The van der Waals surface area contributed by atoms with Gasteiger partial charge in [-0.2, -0.15) is 5.10 Å². The molecule has 1 atom stereocenters. The van der Waals surface area contributed by atoms with Crippen molar-refractivity contribution in [1.82, 2.24) is 9.78 Å². The van der Waals surface area contributed by atoms with Gasteiger partial charge >= 0.3 is 11.9 Å². The minimum Gasteiger partial charge on any atom is -0.461 e. The van der Waals surface area contributed by atoms with Crippen molar-refractivity contribution in [1.29, 1.82) is 0 Å². The second-order valence-electron chi connectivity index (χ2n) is 7.39. The molecule has 0 amide bonds. The lowest BCUT2D eigenvalue weighted by atomic mass is 9.80. The molecular formula is C20H26BrN3O4. The molecule has 0 unspecified atom stereocenters. The Balaban J connectivity index is 2.55. The maximum absolute atomic E-state index is 13.3. The van der Waals surface area contributed by atoms with Gasteiger partial charge in [-0.05, 0) is 51.5 Å². The van der Waals surface area contributed by atoms with Gasteiger partial charge in [0.05, 0.1) is 13.2 Å². The highest BCUT2D eigenvalue weighted by molar-refractivity contribution is 9.10. The molecule has 2 aromatic rings. The summed E-state index contributed by atoms with van der Waals surface area (Å²) >= 11 is 3.44. The largest absolute Gasteiger partial charge is 0.461 e. The molecule has 28 heavy (non-hydrogen) atoms. The van der Waals surface area contributed by atoms with Crippen LogP contribution in [0.15, 0.2) is 41.0 Å². The minimum absolute atomic E-state index is 0.0273. The Morgan fingerprint density at radius 2 is 1.96 bits per heavy atom. The molecular weight excluding hydrogens is 426 g/mol. The van der Waals surface area contributed by atoms with E-state index in [4.69, 9.17) is 15.2 Å². The van der Waals surface area contributed by atoms with E-state index in [1.165, 1.54) is 10.9 Å². The first-order valence-electron chi connectivity index (χ1n) is 9.01. The van der Waals surface area contributed by atoms with E-state index in [0.29, 0.717) is 5.56 Å². The lowest BCUT2D eigenvalue weighted by Gasteiger charge is -2.34. The number of hydrogen-bond acceptors (Lipinski definition) is 6. The van der Waals surface area contributed by atoms with E-state index in [2.05, 4.69) is 21.0 Å². The topological polar surface area (TPSA) is 96.4 Å². The Morgan fingerprint density at radius 3 is 2.54 bits per heavy atom. The average molecular weight is 452 g/mol. The van der Waals surface area contributed by atoms with Crippen molar-refractivity contribution in [2.75, 3.05) is 13.2 Å². The fourth-order valence-corrected chi connectivity index (χ4v) is 3.19. The van der Waals surface area contributed by atoms with Crippen molar-refractivity contribution in [2.45, 2.75) is 45.3 Å². The van der Waals surface area contributed by atoms with Gasteiger partial charge in [0.25, 0.3) is 0 Å². The predicted molar refractivity (Wildman–Crippen MR) is 109 cm³/mol. The fourth-order valence-electron chi connectivity index (χ4n) is 2.79. The van der Waals surface area contributed by atoms with Crippen LogP contribution in [0.25, 0.3) is 0 Å². The van der Waals surface area contributed by atoms with Crippen molar-refractivity contribution in [2.24, 2.45) is 5.73 Å². The highest BCUT2D eigenvalue weighted by atomic mass is 79.9. The molecule has 1 aromatic carbocycles. The maximum Gasteiger partial charge on any atom is 0.356 e. The number of rotatable bonds is 7. The maximum atomic E-state index is 13.3. The molecule has 0 bridgehead atoms. The fraction of sp³-hybridized carbons (Fsp3) is 0.450. The molecule has 8 heteroatoms. The van der Waals surface area contributed by atoms with E-state index in [-0.39, 0.29) is 25.4 Å². The van der Waals surface area contributed by atoms with Gasteiger partial charge in [-0.15, -0.1) is 0 Å². The van der Waals surface area contributed by atoms with Crippen molar-refractivity contribution in [3.8, 4) is 0 Å². The quantitative estimate of drug-likeness (QED) is 0.649. The monoisotopic (exact) mass is 451 g/mol. The summed E-state index contributed by atoms with van der Waals surface area (Å²) in [5.74, 6) is -0.990. The molecule has 0 aliphatic heterocycles. The summed E-state index contributed by atoms with van der Waals surface area (Å²) in [5.41, 5.74) is 5.13. The molecule has 2 N–H and O–H groups in total. The van der Waals surface area contributed by atoms with Gasteiger partial charge in [-0.3, -0.25) is 9.48 Å². The molecule has 0 spiro atoms. The van der Waals surface area contributed by atoms with Crippen molar-refractivity contribution in [3.05, 3.63) is 52.3 Å². The number of halogens is 1. The van der Waals surface area contributed by atoms with E-state index in [0.717, 1.165) is 4.47 Å². The van der Waals surface area contributed by atoms with Gasteiger partial charge in [0.15, 0.2) is 0 Å². The third-order valence-corrected chi connectivity index (χ3v) is 4.63. The number of carbonyl (C=O) groups is 2. The van der Waals surface area contributed by atoms with E-state index < -0.39 is 23.0 Å². The van der Waals surface area contributed by atoms with Crippen LogP contribution in [0.1, 0.15) is 43.7 Å². The number of hydrogen-bond donors (Lipinski definition) is 1. The summed E-state index contributed by atoms with van der Waals surface area (Å²) in [5, 5.41) is 4.22. The summed E-state index contributed by atoms with van der Waals surface area (Å²) < 4.78 is 13.0. The zero-order valence-corrected chi connectivity index (χ0v) is 18.2. The molecule has 152 valence electrons. The van der Waals surface area contributed by atoms with Gasteiger partial charge < -0.3 is 15.2 Å². The molecule has 0 saturated carbocycles. The number of benzene rings is 1. The lowest BCUT2D eigenvalue weighted by molar-refractivity contribution is -0.162. The minimum atomic E-state index is -1.23. The second kappa shape index (κ2) is 8.87. The Bertz CT molecular complexity index is 844. The number of esters is 2. The Morgan fingerprint density at radius 1 is 1.25 bits per heavy atom. The highest BCUT2D eigenvalue weighted by Crippen LogP contribution is 2.31. The molecule has 0 saturated heterocycles. The van der Waals surface area contributed by atoms with Gasteiger partial charge in [-0.25, -0.2) is 4.79 Å². The third kappa shape index (κ3) is 4.99. The Kier molecular flexibility index (Phi) is 7.01. The summed E-state index contributed by atoms with van der Waals surface area (Å²) in [6, 6.07) is 8.87. The van der Waals surface area contributed by atoms with Gasteiger partial charge in [0, 0.05) is 17.2 Å². The Hall–Kier alpha value is -2.19. The van der Waals surface area contributed by atoms with Crippen LogP contribution in [0.3, 0.4) is 0 Å². The predicted octanol–water partition coefficient (Wildman–Crippen LogP) is 3.06. The zero-order chi connectivity index (χ0) is 20.9. The molecule has 0 fully saturated rings. The Labute approximate surface area is 173 Å². The van der Waals surface area contributed by atoms with Crippen molar-refractivity contribution < 1.29 is 19.1 Å². The highest BCUT2D eigenvalue weighted by Gasteiger charge is 2.44. The number of aromatic nitrogens is 2. The van der Waals surface area contributed by atoms with Crippen LogP contribution in [0, 0.1) is 0 Å². The van der Waals surface area contributed by atoms with Gasteiger partial charge in [-0.1, -0.05) is 28.1 Å². The summed E-state index contributed by atoms with van der Waals surface area (Å²) in [6.07, 6.45) is 1.49.